The van der Waals surface area contributed by atoms with E-state index in [2.05, 4.69) is 66.3 Å². The van der Waals surface area contributed by atoms with Crippen molar-refractivity contribution in [2.24, 2.45) is 0 Å². The van der Waals surface area contributed by atoms with Gasteiger partial charge in [-0.25, -0.2) is 15.0 Å². The predicted octanol–water partition coefficient (Wildman–Crippen LogP) is 3.38. The monoisotopic (exact) mass is 363 g/mol. The summed E-state index contributed by atoms with van der Waals surface area (Å²) in [5, 5.41) is 4.19. The molecule has 21 heavy (non-hydrogen) atoms. The third-order valence-electron chi connectivity index (χ3n) is 2.97. The largest absolute Gasteiger partial charge is 0.341 e. The van der Waals surface area contributed by atoms with Gasteiger partial charge in [-0.2, -0.15) is 0 Å². The lowest BCUT2D eigenvalue weighted by Crippen LogP contribution is -2.11. The molecule has 0 fully saturated rings. The zero-order chi connectivity index (χ0) is 14.7. The highest BCUT2D eigenvalue weighted by atomic mass is 79.9. The molecule has 0 radical (unpaired) electrons. The first kappa shape index (κ1) is 14.5. The number of rotatable bonds is 5. The Kier molecular flexibility index (Phi) is 4.52. The maximum atomic E-state index is 4.33. The Hall–Kier alpha value is -1.44. The molecule has 0 atom stereocenters. The number of H-pyrrole nitrogens is 1. The molecule has 108 valence electrons. The van der Waals surface area contributed by atoms with Crippen LogP contribution in [-0.4, -0.2) is 26.5 Å². The normalized spacial score (nSPS) is 11.1. The van der Waals surface area contributed by atoms with Crippen LogP contribution in [0.2, 0.25) is 0 Å². The standard InChI is InChI=1S/C14H14BrN5S/c1-2-16-6-9-3-4-11(10(15)5-9)21-14-12-13(18-7-17-12)19-8-20-14/h3-5,7-8,16H,2,6H2,1H3,(H,17,18,19,20). The van der Waals surface area contributed by atoms with Gasteiger partial charge in [0, 0.05) is 15.9 Å². The van der Waals surface area contributed by atoms with Gasteiger partial charge in [0.05, 0.1) is 6.33 Å². The third-order valence-corrected chi connectivity index (χ3v) is 4.97. The lowest BCUT2D eigenvalue weighted by Gasteiger charge is -2.07. The predicted molar refractivity (Wildman–Crippen MR) is 87.3 cm³/mol. The van der Waals surface area contributed by atoms with Gasteiger partial charge < -0.3 is 10.3 Å². The van der Waals surface area contributed by atoms with Crippen LogP contribution in [0.5, 0.6) is 0 Å². The average Bonchev–Trinajstić information content (AvgIpc) is 2.97. The number of hydrogen-bond acceptors (Lipinski definition) is 5. The van der Waals surface area contributed by atoms with Crippen LogP contribution in [0.4, 0.5) is 0 Å². The van der Waals surface area contributed by atoms with Crippen molar-refractivity contribution in [3.63, 3.8) is 0 Å². The number of imidazole rings is 1. The van der Waals surface area contributed by atoms with Crippen molar-refractivity contribution < 1.29 is 0 Å². The van der Waals surface area contributed by atoms with Crippen LogP contribution in [0.15, 0.2) is 45.2 Å². The fourth-order valence-corrected chi connectivity index (χ4v) is 3.45. The van der Waals surface area contributed by atoms with Crippen molar-refractivity contribution in [3.8, 4) is 0 Å². The van der Waals surface area contributed by atoms with Gasteiger partial charge in [0.25, 0.3) is 0 Å². The summed E-state index contributed by atoms with van der Waals surface area (Å²) in [4.78, 5) is 16.8. The minimum Gasteiger partial charge on any atom is -0.341 e. The van der Waals surface area contributed by atoms with Crippen LogP contribution in [0, 0.1) is 0 Å². The first-order chi connectivity index (χ1) is 10.3. The number of nitrogens with one attached hydrogen (secondary N) is 2. The lowest BCUT2D eigenvalue weighted by molar-refractivity contribution is 0.726. The second kappa shape index (κ2) is 6.55. The zero-order valence-corrected chi connectivity index (χ0v) is 13.8. The van der Waals surface area contributed by atoms with Gasteiger partial charge >= 0.3 is 0 Å². The maximum Gasteiger partial charge on any atom is 0.181 e. The molecule has 3 aromatic rings. The number of benzene rings is 1. The number of hydrogen-bond donors (Lipinski definition) is 2. The van der Waals surface area contributed by atoms with E-state index in [0.29, 0.717) is 5.65 Å². The molecule has 7 heteroatoms. The smallest absolute Gasteiger partial charge is 0.181 e. The average molecular weight is 364 g/mol. The molecular formula is C14H14BrN5S. The Balaban J connectivity index is 1.86. The highest BCUT2D eigenvalue weighted by Gasteiger charge is 2.10. The number of halogens is 1. The molecule has 0 amide bonds. The molecular weight excluding hydrogens is 350 g/mol. The summed E-state index contributed by atoms with van der Waals surface area (Å²) in [5.41, 5.74) is 2.81. The summed E-state index contributed by atoms with van der Waals surface area (Å²) >= 11 is 5.22. The molecule has 0 aliphatic heterocycles. The topological polar surface area (TPSA) is 66.5 Å². The van der Waals surface area contributed by atoms with Crippen LogP contribution in [0.1, 0.15) is 12.5 Å². The maximum absolute atomic E-state index is 4.33. The summed E-state index contributed by atoms with van der Waals surface area (Å²) < 4.78 is 1.06. The molecule has 0 bridgehead atoms. The van der Waals surface area contributed by atoms with Crippen molar-refractivity contribution >= 4 is 38.9 Å². The van der Waals surface area contributed by atoms with Crippen molar-refractivity contribution in [1.82, 2.24) is 25.3 Å². The fraction of sp³-hybridized carbons (Fsp3) is 0.214. The van der Waals surface area contributed by atoms with E-state index in [9.17, 15) is 0 Å². The summed E-state index contributed by atoms with van der Waals surface area (Å²) in [6.45, 7) is 3.94. The minimum atomic E-state index is 0.687. The Labute approximate surface area is 135 Å². The second-order valence-corrected chi connectivity index (χ2v) is 6.31. The van der Waals surface area contributed by atoms with Gasteiger partial charge in [0.1, 0.15) is 16.9 Å². The molecule has 0 saturated heterocycles. The summed E-state index contributed by atoms with van der Waals surface area (Å²) in [6.07, 6.45) is 3.18. The summed E-state index contributed by atoms with van der Waals surface area (Å²) in [7, 11) is 0. The van der Waals surface area contributed by atoms with E-state index < -0.39 is 0 Å². The molecule has 1 aromatic carbocycles. The van der Waals surface area contributed by atoms with E-state index in [1.807, 2.05) is 0 Å². The SMILES string of the molecule is CCNCc1ccc(Sc2ncnc3nc[nH]c23)c(Br)c1. The first-order valence-corrected chi connectivity index (χ1v) is 8.20. The van der Waals surface area contributed by atoms with E-state index in [0.717, 1.165) is 33.0 Å². The van der Waals surface area contributed by atoms with Gasteiger partial charge in [0.2, 0.25) is 0 Å². The Morgan fingerprint density at radius 2 is 2.19 bits per heavy atom. The highest BCUT2D eigenvalue weighted by molar-refractivity contribution is 9.10. The Morgan fingerprint density at radius 1 is 1.29 bits per heavy atom. The highest BCUT2D eigenvalue weighted by Crippen LogP contribution is 2.35. The summed E-state index contributed by atoms with van der Waals surface area (Å²) in [5.74, 6) is 0. The third kappa shape index (κ3) is 3.25. The molecule has 0 aliphatic rings. The van der Waals surface area contributed by atoms with Crippen molar-refractivity contribution in [2.45, 2.75) is 23.4 Å². The van der Waals surface area contributed by atoms with Crippen LogP contribution >= 0.6 is 27.7 Å². The van der Waals surface area contributed by atoms with Crippen molar-refractivity contribution in [2.75, 3.05) is 6.54 Å². The number of fused-ring (bicyclic) bond motifs is 1. The van der Waals surface area contributed by atoms with E-state index in [-0.39, 0.29) is 0 Å². The molecule has 0 aliphatic carbocycles. The van der Waals surface area contributed by atoms with E-state index >= 15 is 0 Å². The molecule has 5 nitrogen and oxygen atoms in total. The molecule has 3 rings (SSSR count). The Bertz CT molecular complexity index is 758. The quantitative estimate of drug-likeness (QED) is 0.680. The van der Waals surface area contributed by atoms with Crippen molar-refractivity contribution in [1.29, 1.82) is 0 Å². The minimum absolute atomic E-state index is 0.687. The molecule has 0 spiro atoms. The van der Waals surface area contributed by atoms with Crippen molar-refractivity contribution in [3.05, 3.63) is 40.9 Å². The van der Waals surface area contributed by atoms with Crippen LogP contribution < -0.4 is 5.32 Å². The molecule has 2 aromatic heterocycles. The fourth-order valence-electron chi connectivity index (χ4n) is 1.93. The van der Waals surface area contributed by atoms with Gasteiger partial charge in [0.15, 0.2) is 5.65 Å². The zero-order valence-electron chi connectivity index (χ0n) is 11.4. The lowest BCUT2D eigenvalue weighted by atomic mass is 10.2. The first-order valence-electron chi connectivity index (χ1n) is 6.59. The van der Waals surface area contributed by atoms with E-state index in [4.69, 9.17) is 0 Å². The second-order valence-electron chi connectivity index (χ2n) is 4.43. The number of aromatic nitrogens is 4. The molecule has 2 heterocycles. The van der Waals surface area contributed by atoms with E-state index in [1.165, 1.54) is 5.56 Å². The van der Waals surface area contributed by atoms with Gasteiger partial charge in [-0.1, -0.05) is 24.8 Å². The summed E-state index contributed by atoms with van der Waals surface area (Å²) in [6, 6.07) is 6.36. The number of aromatic amines is 1. The molecule has 0 unspecified atom stereocenters. The van der Waals surface area contributed by atoms with Gasteiger partial charge in [-0.15, -0.1) is 0 Å². The van der Waals surface area contributed by atoms with Crippen LogP contribution in [-0.2, 0) is 6.54 Å². The Morgan fingerprint density at radius 3 is 3.00 bits per heavy atom. The van der Waals surface area contributed by atoms with E-state index in [1.54, 1.807) is 24.4 Å². The van der Waals surface area contributed by atoms with Gasteiger partial charge in [-0.05, 0) is 40.2 Å². The molecule has 2 N–H and O–H groups in total. The van der Waals surface area contributed by atoms with Crippen LogP contribution in [0.3, 0.4) is 0 Å². The number of nitrogens with zero attached hydrogens (tertiary/aromatic N) is 3. The van der Waals surface area contributed by atoms with Crippen LogP contribution in [0.25, 0.3) is 11.2 Å². The molecule has 0 saturated carbocycles. The van der Waals surface area contributed by atoms with Gasteiger partial charge in [-0.3, -0.25) is 0 Å².